The van der Waals surface area contributed by atoms with Gasteiger partial charge in [-0.3, -0.25) is 4.90 Å². The second kappa shape index (κ2) is 5.09. The van der Waals surface area contributed by atoms with Crippen molar-refractivity contribution in [2.75, 3.05) is 31.1 Å². The van der Waals surface area contributed by atoms with E-state index in [0.29, 0.717) is 6.04 Å². The van der Waals surface area contributed by atoms with Crippen molar-refractivity contribution < 1.29 is 0 Å². The summed E-state index contributed by atoms with van der Waals surface area (Å²) in [6.45, 7) is 8.69. The van der Waals surface area contributed by atoms with E-state index in [0.717, 1.165) is 42.2 Å². The summed E-state index contributed by atoms with van der Waals surface area (Å²) >= 11 is 3.48. The first kappa shape index (κ1) is 12.9. The third kappa shape index (κ3) is 2.34. The Morgan fingerprint density at radius 2 is 2.26 bits per heavy atom. The Kier molecular flexibility index (Phi) is 3.45. The van der Waals surface area contributed by atoms with Crippen molar-refractivity contribution in [1.82, 2.24) is 19.3 Å². The highest BCUT2D eigenvalue weighted by atomic mass is 79.9. The number of nitrogens with zero attached hydrogens (tertiary/aromatic N) is 5. The molecule has 0 saturated carbocycles. The molecule has 0 N–H and O–H groups in total. The molecule has 0 aromatic carbocycles. The van der Waals surface area contributed by atoms with Crippen LogP contribution in [0, 0.1) is 0 Å². The number of hydrogen-bond acceptors (Lipinski definition) is 4. The number of fused-ring (bicyclic) bond motifs is 1. The zero-order chi connectivity index (χ0) is 13.4. The highest BCUT2D eigenvalue weighted by molar-refractivity contribution is 9.10. The van der Waals surface area contributed by atoms with Crippen LogP contribution < -0.4 is 4.90 Å². The molecule has 6 heteroatoms. The third-order valence-electron chi connectivity index (χ3n) is 3.80. The zero-order valence-electron chi connectivity index (χ0n) is 11.3. The number of anilines is 1. The fourth-order valence-corrected chi connectivity index (χ4v) is 3.14. The molecule has 1 atom stereocenters. The molecule has 1 fully saturated rings. The number of imidazole rings is 1. The maximum absolute atomic E-state index is 4.62. The first-order chi connectivity index (χ1) is 9.19. The second-order valence-electron chi connectivity index (χ2n) is 4.97. The smallest absolute Gasteiger partial charge is 0.180 e. The van der Waals surface area contributed by atoms with E-state index in [1.807, 2.05) is 23.0 Å². The van der Waals surface area contributed by atoms with E-state index >= 15 is 0 Å². The molecule has 0 amide bonds. The van der Waals surface area contributed by atoms with Gasteiger partial charge in [0, 0.05) is 44.3 Å². The number of hydrogen-bond donors (Lipinski definition) is 0. The predicted molar refractivity (Wildman–Crippen MR) is 79.6 cm³/mol. The van der Waals surface area contributed by atoms with Crippen LogP contribution >= 0.6 is 15.9 Å². The molecule has 5 nitrogen and oxygen atoms in total. The monoisotopic (exact) mass is 323 g/mol. The maximum atomic E-state index is 4.62. The van der Waals surface area contributed by atoms with Gasteiger partial charge in [0.1, 0.15) is 4.60 Å². The van der Waals surface area contributed by atoms with Crippen LogP contribution in [0.3, 0.4) is 0 Å². The molecule has 102 valence electrons. The van der Waals surface area contributed by atoms with Crippen molar-refractivity contribution >= 4 is 27.4 Å². The number of rotatable bonds is 2. The van der Waals surface area contributed by atoms with Crippen molar-refractivity contribution in [2.24, 2.45) is 0 Å². The van der Waals surface area contributed by atoms with Crippen LogP contribution in [0.4, 0.5) is 5.82 Å². The number of halogens is 1. The molecule has 0 aliphatic carbocycles. The summed E-state index contributed by atoms with van der Waals surface area (Å²) in [4.78, 5) is 13.9. The molecule has 2 aromatic rings. The van der Waals surface area contributed by atoms with Gasteiger partial charge in [0.05, 0.1) is 0 Å². The van der Waals surface area contributed by atoms with E-state index in [2.05, 4.69) is 49.5 Å². The molecule has 0 radical (unpaired) electrons. The van der Waals surface area contributed by atoms with E-state index < -0.39 is 0 Å². The van der Waals surface area contributed by atoms with Gasteiger partial charge >= 0.3 is 0 Å². The lowest BCUT2D eigenvalue weighted by Crippen LogP contribution is -2.52. The maximum Gasteiger partial charge on any atom is 0.180 e. The van der Waals surface area contributed by atoms with Crippen LogP contribution in [0.1, 0.15) is 13.8 Å². The van der Waals surface area contributed by atoms with Crippen LogP contribution in [-0.4, -0.2) is 51.5 Å². The minimum atomic E-state index is 0.551. The molecule has 19 heavy (non-hydrogen) atoms. The Balaban J connectivity index is 1.94. The molecule has 2 aromatic heterocycles. The highest BCUT2D eigenvalue weighted by Crippen LogP contribution is 2.23. The van der Waals surface area contributed by atoms with Crippen LogP contribution in [0.2, 0.25) is 0 Å². The van der Waals surface area contributed by atoms with E-state index in [1.165, 1.54) is 0 Å². The Bertz CT molecular complexity index is 581. The standard InChI is InChI=1S/C13H18BrN5/c1-3-17-6-7-19(8-10(17)2)13-12-15-4-5-18(12)9-11(14)16-13/h4-5,9-10H,3,6-8H2,1-2H3. The van der Waals surface area contributed by atoms with Gasteiger partial charge in [0.15, 0.2) is 11.5 Å². The van der Waals surface area contributed by atoms with Crippen LogP contribution in [0.25, 0.3) is 5.65 Å². The minimum absolute atomic E-state index is 0.551. The van der Waals surface area contributed by atoms with Crippen LogP contribution in [0.5, 0.6) is 0 Å². The van der Waals surface area contributed by atoms with Crippen LogP contribution in [-0.2, 0) is 0 Å². The third-order valence-corrected chi connectivity index (χ3v) is 4.18. The fraction of sp³-hybridized carbons (Fsp3) is 0.538. The molecule has 0 spiro atoms. The molecule has 1 aliphatic heterocycles. The topological polar surface area (TPSA) is 36.7 Å². The van der Waals surface area contributed by atoms with E-state index in [1.54, 1.807) is 0 Å². The van der Waals surface area contributed by atoms with Crippen molar-refractivity contribution in [1.29, 1.82) is 0 Å². The Morgan fingerprint density at radius 1 is 1.42 bits per heavy atom. The van der Waals surface area contributed by atoms with Crippen LogP contribution in [0.15, 0.2) is 23.2 Å². The molecular weight excluding hydrogens is 306 g/mol. The zero-order valence-corrected chi connectivity index (χ0v) is 12.8. The summed E-state index contributed by atoms with van der Waals surface area (Å²) in [5.74, 6) is 0.974. The van der Waals surface area contributed by atoms with Crippen molar-refractivity contribution in [3.8, 4) is 0 Å². The molecule has 1 aliphatic rings. The molecular formula is C13H18BrN5. The Morgan fingerprint density at radius 3 is 3.00 bits per heavy atom. The second-order valence-corrected chi connectivity index (χ2v) is 5.78. The first-order valence-electron chi connectivity index (χ1n) is 6.67. The van der Waals surface area contributed by atoms with Gasteiger partial charge in [-0.15, -0.1) is 0 Å². The summed E-state index contributed by atoms with van der Waals surface area (Å²) in [6.07, 6.45) is 5.72. The van der Waals surface area contributed by atoms with E-state index in [9.17, 15) is 0 Å². The lowest BCUT2D eigenvalue weighted by molar-refractivity contribution is 0.199. The highest BCUT2D eigenvalue weighted by Gasteiger charge is 2.25. The summed E-state index contributed by atoms with van der Waals surface area (Å²) in [7, 11) is 0. The molecule has 3 heterocycles. The summed E-state index contributed by atoms with van der Waals surface area (Å²) in [6, 6.07) is 0.551. The SMILES string of the molecule is CCN1CCN(c2nc(Br)cn3ccnc23)CC1C. The molecule has 0 bridgehead atoms. The average Bonchev–Trinajstić information content (AvgIpc) is 2.85. The lowest BCUT2D eigenvalue weighted by Gasteiger charge is -2.39. The normalized spacial score (nSPS) is 21.2. The summed E-state index contributed by atoms with van der Waals surface area (Å²) < 4.78 is 2.86. The summed E-state index contributed by atoms with van der Waals surface area (Å²) in [5, 5.41) is 0. The lowest BCUT2D eigenvalue weighted by atomic mass is 10.2. The number of piperazine rings is 1. The van der Waals surface area contributed by atoms with Gasteiger partial charge in [-0.25, -0.2) is 9.97 Å². The molecule has 3 rings (SSSR count). The van der Waals surface area contributed by atoms with E-state index in [-0.39, 0.29) is 0 Å². The van der Waals surface area contributed by atoms with Gasteiger partial charge in [0.2, 0.25) is 0 Å². The fourth-order valence-electron chi connectivity index (χ4n) is 2.75. The van der Waals surface area contributed by atoms with E-state index in [4.69, 9.17) is 0 Å². The number of likely N-dealkylation sites (N-methyl/N-ethyl adjacent to an activating group) is 1. The minimum Gasteiger partial charge on any atom is -0.351 e. The summed E-state index contributed by atoms with van der Waals surface area (Å²) in [5.41, 5.74) is 0.931. The van der Waals surface area contributed by atoms with Crippen molar-refractivity contribution in [3.05, 3.63) is 23.2 Å². The quantitative estimate of drug-likeness (QED) is 0.847. The van der Waals surface area contributed by atoms with Gasteiger partial charge in [-0.2, -0.15) is 0 Å². The number of aromatic nitrogens is 3. The largest absolute Gasteiger partial charge is 0.351 e. The molecule has 1 unspecified atom stereocenters. The first-order valence-corrected chi connectivity index (χ1v) is 7.46. The average molecular weight is 324 g/mol. The van der Waals surface area contributed by atoms with Gasteiger partial charge in [0.25, 0.3) is 0 Å². The molecule has 1 saturated heterocycles. The Hall–Kier alpha value is -1.14. The predicted octanol–water partition coefficient (Wildman–Crippen LogP) is 2.02. The Labute approximate surface area is 121 Å². The van der Waals surface area contributed by atoms with Crippen molar-refractivity contribution in [3.63, 3.8) is 0 Å². The van der Waals surface area contributed by atoms with Gasteiger partial charge in [-0.05, 0) is 29.4 Å². The van der Waals surface area contributed by atoms with Gasteiger partial charge < -0.3 is 9.30 Å². The van der Waals surface area contributed by atoms with Crippen molar-refractivity contribution in [2.45, 2.75) is 19.9 Å². The van der Waals surface area contributed by atoms with Gasteiger partial charge in [-0.1, -0.05) is 6.92 Å².